The van der Waals surface area contributed by atoms with E-state index in [9.17, 15) is 9.59 Å². The van der Waals surface area contributed by atoms with Crippen LogP contribution >= 0.6 is 11.8 Å². The molecule has 1 aromatic carbocycles. The summed E-state index contributed by atoms with van der Waals surface area (Å²) in [4.78, 5) is 23.5. The Morgan fingerprint density at radius 3 is 2.54 bits per heavy atom. The molecule has 0 aliphatic rings. The first-order valence-electron chi connectivity index (χ1n) is 9.66. The van der Waals surface area contributed by atoms with E-state index in [1.54, 1.807) is 0 Å². The molecule has 0 saturated carbocycles. The largest absolute Gasteiger partial charge is 0.460 e. The van der Waals surface area contributed by atoms with E-state index < -0.39 is 5.60 Å². The van der Waals surface area contributed by atoms with Gasteiger partial charge in [0.1, 0.15) is 5.60 Å². The van der Waals surface area contributed by atoms with Crippen LogP contribution in [-0.2, 0) is 14.3 Å². The van der Waals surface area contributed by atoms with Crippen LogP contribution in [0.3, 0.4) is 0 Å². The fraction of sp³-hybridized carbons (Fsp3) is 0.571. The molecule has 7 heteroatoms. The van der Waals surface area contributed by atoms with Gasteiger partial charge < -0.3 is 15.4 Å². The number of anilines is 1. The molecule has 156 valence electrons. The fourth-order valence-corrected chi connectivity index (χ4v) is 2.86. The molecular formula is C21H33N3O3S. The summed E-state index contributed by atoms with van der Waals surface area (Å²) in [7, 11) is 0. The maximum absolute atomic E-state index is 11.9. The van der Waals surface area contributed by atoms with E-state index in [0.717, 1.165) is 36.9 Å². The second-order valence-electron chi connectivity index (χ2n) is 7.57. The maximum Gasteiger partial charge on any atom is 0.306 e. The molecule has 0 aliphatic heterocycles. The van der Waals surface area contributed by atoms with Gasteiger partial charge in [0.15, 0.2) is 0 Å². The number of thioether (sulfide) groups is 1. The van der Waals surface area contributed by atoms with Gasteiger partial charge in [0.2, 0.25) is 5.91 Å². The molecule has 0 atom stereocenters. The van der Waals surface area contributed by atoms with Crippen LogP contribution in [0, 0.1) is 5.41 Å². The Balaban J connectivity index is 2.11. The van der Waals surface area contributed by atoms with Crippen molar-refractivity contribution in [2.45, 2.75) is 58.5 Å². The zero-order valence-corrected chi connectivity index (χ0v) is 18.2. The van der Waals surface area contributed by atoms with E-state index in [-0.39, 0.29) is 18.4 Å². The molecule has 0 aliphatic carbocycles. The highest BCUT2D eigenvalue weighted by Gasteiger charge is 2.15. The van der Waals surface area contributed by atoms with Crippen LogP contribution in [0.5, 0.6) is 0 Å². The van der Waals surface area contributed by atoms with Crippen LogP contribution in [0.2, 0.25) is 0 Å². The third-order valence-electron chi connectivity index (χ3n) is 3.83. The highest BCUT2D eigenvalue weighted by atomic mass is 32.2. The van der Waals surface area contributed by atoms with E-state index >= 15 is 0 Å². The van der Waals surface area contributed by atoms with Crippen molar-refractivity contribution in [1.82, 2.24) is 5.32 Å². The molecule has 3 N–H and O–H groups in total. The number of hydrogen-bond donors (Lipinski definition) is 3. The number of carbonyl (C=O) groups excluding carboxylic acids is 2. The van der Waals surface area contributed by atoms with Crippen molar-refractivity contribution in [3.8, 4) is 0 Å². The van der Waals surface area contributed by atoms with Crippen LogP contribution in [0.1, 0.15) is 58.4 Å². The highest BCUT2D eigenvalue weighted by molar-refractivity contribution is 8.13. The minimum atomic E-state index is -0.423. The molecule has 0 saturated heterocycles. The van der Waals surface area contributed by atoms with Gasteiger partial charge in [-0.2, -0.15) is 0 Å². The van der Waals surface area contributed by atoms with E-state index in [2.05, 4.69) is 10.6 Å². The second kappa shape index (κ2) is 12.4. The van der Waals surface area contributed by atoms with Crippen LogP contribution in [-0.4, -0.2) is 41.9 Å². The number of rotatable bonds is 11. The van der Waals surface area contributed by atoms with E-state index in [0.29, 0.717) is 18.0 Å². The summed E-state index contributed by atoms with van der Waals surface area (Å²) in [6.07, 6.45) is 5.93. The number of esters is 1. The Bertz CT molecular complexity index is 657. The van der Waals surface area contributed by atoms with Crippen molar-refractivity contribution in [3.63, 3.8) is 0 Å². The molecular weight excluding hydrogens is 374 g/mol. The molecule has 1 amide bonds. The number of hydrogen-bond acceptors (Lipinski definition) is 6. The molecule has 28 heavy (non-hydrogen) atoms. The van der Waals surface area contributed by atoms with Gasteiger partial charge in [-0.3, -0.25) is 15.0 Å². The Morgan fingerprint density at radius 2 is 1.86 bits per heavy atom. The van der Waals surface area contributed by atoms with Gasteiger partial charge in [0, 0.05) is 24.2 Å². The second-order valence-corrected chi connectivity index (χ2v) is 8.38. The predicted molar refractivity (Wildman–Crippen MR) is 117 cm³/mol. The van der Waals surface area contributed by atoms with Gasteiger partial charge in [0.05, 0.1) is 11.6 Å². The van der Waals surface area contributed by atoms with Crippen molar-refractivity contribution in [2.24, 2.45) is 0 Å². The first kappa shape index (κ1) is 24.0. The SMILES string of the molecule is CSC(=N)c1cccc(NCC(=O)NCCCCCCC(=O)OC(C)(C)C)c1. The summed E-state index contributed by atoms with van der Waals surface area (Å²) in [6.45, 7) is 6.44. The average Bonchev–Trinajstić information content (AvgIpc) is 2.63. The summed E-state index contributed by atoms with van der Waals surface area (Å²) in [5.41, 5.74) is 1.24. The summed E-state index contributed by atoms with van der Waals surface area (Å²) >= 11 is 1.38. The summed E-state index contributed by atoms with van der Waals surface area (Å²) in [5, 5.41) is 14.3. The van der Waals surface area contributed by atoms with Gasteiger partial charge >= 0.3 is 5.97 Å². The summed E-state index contributed by atoms with van der Waals surface area (Å²) in [6, 6.07) is 7.51. The third-order valence-corrected chi connectivity index (χ3v) is 4.48. The number of ether oxygens (including phenoxy) is 1. The fourth-order valence-electron chi connectivity index (χ4n) is 2.50. The highest BCUT2D eigenvalue weighted by Crippen LogP contribution is 2.15. The molecule has 0 bridgehead atoms. The number of benzene rings is 1. The van der Waals surface area contributed by atoms with Gasteiger partial charge in [-0.25, -0.2) is 0 Å². The first-order valence-corrected chi connectivity index (χ1v) is 10.9. The lowest BCUT2D eigenvalue weighted by Crippen LogP contribution is -2.30. The van der Waals surface area contributed by atoms with E-state index in [1.807, 2.05) is 51.3 Å². The van der Waals surface area contributed by atoms with Crippen LogP contribution < -0.4 is 10.6 Å². The predicted octanol–water partition coefficient (Wildman–Crippen LogP) is 4.20. The molecule has 0 fully saturated rings. The molecule has 0 unspecified atom stereocenters. The van der Waals surface area contributed by atoms with Gasteiger partial charge in [-0.15, -0.1) is 11.8 Å². The minimum Gasteiger partial charge on any atom is -0.460 e. The number of nitrogens with one attached hydrogen (secondary N) is 3. The van der Waals surface area contributed by atoms with Crippen molar-refractivity contribution < 1.29 is 14.3 Å². The Morgan fingerprint density at radius 1 is 1.14 bits per heavy atom. The normalized spacial score (nSPS) is 11.0. The number of carbonyl (C=O) groups is 2. The number of amides is 1. The average molecular weight is 408 g/mol. The van der Waals surface area contributed by atoms with Crippen molar-refractivity contribution in [3.05, 3.63) is 29.8 Å². The Kier molecular flexibility index (Phi) is 10.7. The smallest absolute Gasteiger partial charge is 0.306 e. The van der Waals surface area contributed by atoms with Gasteiger partial charge in [-0.1, -0.05) is 25.0 Å². The third kappa shape index (κ3) is 11.0. The molecule has 0 heterocycles. The van der Waals surface area contributed by atoms with Crippen molar-refractivity contribution in [1.29, 1.82) is 5.41 Å². The molecule has 0 aromatic heterocycles. The molecule has 1 aromatic rings. The Labute approximate surface area is 172 Å². The van der Waals surface area contributed by atoms with Crippen molar-refractivity contribution in [2.75, 3.05) is 24.7 Å². The summed E-state index contributed by atoms with van der Waals surface area (Å²) < 4.78 is 5.27. The van der Waals surface area contributed by atoms with Crippen molar-refractivity contribution >= 4 is 34.4 Å². The lowest BCUT2D eigenvalue weighted by molar-refractivity contribution is -0.154. The molecule has 0 spiro atoms. The molecule has 1 rings (SSSR count). The van der Waals surface area contributed by atoms with Gasteiger partial charge in [-0.05, 0) is 52.0 Å². The number of unbranched alkanes of at least 4 members (excludes halogenated alkanes) is 3. The van der Waals surface area contributed by atoms with Crippen LogP contribution in [0.4, 0.5) is 5.69 Å². The van der Waals surface area contributed by atoms with Crippen LogP contribution in [0.25, 0.3) is 0 Å². The minimum absolute atomic E-state index is 0.0564. The topological polar surface area (TPSA) is 91.3 Å². The quantitative estimate of drug-likeness (QED) is 0.221. The maximum atomic E-state index is 11.9. The zero-order chi connectivity index (χ0) is 21.0. The summed E-state index contributed by atoms with van der Waals surface area (Å²) in [5.74, 6) is -0.206. The zero-order valence-electron chi connectivity index (χ0n) is 17.4. The van der Waals surface area contributed by atoms with E-state index in [1.165, 1.54) is 11.8 Å². The van der Waals surface area contributed by atoms with E-state index in [4.69, 9.17) is 10.1 Å². The lowest BCUT2D eigenvalue weighted by Gasteiger charge is -2.19. The van der Waals surface area contributed by atoms with Gasteiger partial charge in [0.25, 0.3) is 0 Å². The molecule has 6 nitrogen and oxygen atoms in total. The van der Waals surface area contributed by atoms with Crippen LogP contribution in [0.15, 0.2) is 24.3 Å². The monoisotopic (exact) mass is 407 g/mol. The molecule has 0 radical (unpaired) electrons. The standard InChI is InChI=1S/C21H33N3O3S/c1-21(2,3)27-19(26)12-7-5-6-8-13-23-18(25)15-24-17-11-9-10-16(14-17)20(22)28-4/h9-11,14,22,24H,5-8,12-13,15H2,1-4H3,(H,23,25). The Hall–Kier alpha value is -2.02. The first-order chi connectivity index (χ1) is 13.2. The lowest BCUT2D eigenvalue weighted by atomic mass is 10.1.